The Hall–Kier alpha value is -2.30. The number of anilines is 1. The number of nitrogens with two attached hydrogens (primary N) is 1. The lowest BCUT2D eigenvalue weighted by Crippen LogP contribution is -1.97. The zero-order valence-electron chi connectivity index (χ0n) is 10.5. The lowest BCUT2D eigenvalue weighted by Gasteiger charge is -2.02. The van der Waals surface area contributed by atoms with Gasteiger partial charge in [-0.3, -0.25) is 0 Å². The maximum Gasteiger partial charge on any atom is 0.221 e. The molecule has 18 heavy (non-hydrogen) atoms. The van der Waals surface area contributed by atoms with E-state index in [4.69, 9.17) is 5.73 Å². The minimum atomic E-state index is 0.200. The number of nitrogens with zero attached hydrogens (tertiary/aromatic N) is 3. The van der Waals surface area contributed by atoms with Crippen molar-refractivity contribution in [2.24, 2.45) is 5.10 Å². The quantitative estimate of drug-likeness (QED) is 0.810. The zero-order valence-corrected chi connectivity index (χ0v) is 10.5. The summed E-state index contributed by atoms with van der Waals surface area (Å²) in [5, 5.41) is 13.9. The second kappa shape index (κ2) is 4.91. The maximum atomic E-state index is 9.74. The van der Waals surface area contributed by atoms with Crippen LogP contribution >= 0.6 is 0 Å². The van der Waals surface area contributed by atoms with E-state index >= 15 is 0 Å². The molecule has 0 bridgehead atoms. The summed E-state index contributed by atoms with van der Waals surface area (Å²) in [6.45, 7) is 3.90. The van der Waals surface area contributed by atoms with Crippen molar-refractivity contribution in [3.8, 4) is 5.75 Å². The van der Waals surface area contributed by atoms with Crippen molar-refractivity contribution in [2.75, 3.05) is 5.73 Å². The maximum absolute atomic E-state index is 9.74. The average molecular weight is 244 g/mol. The molecule has 0 radical (unpaired) electrons. The van der Waals surface area contributed by atoms with Crippen LogP contribution in [-0.2, 0) is 6.42 Å². The van der Waals surface area contributed by atoms with Gasteiger partial charge in [0, 0.05) is 5.56 Å². The molecule has 0 saturated heterocycles. The molecule has 0 aliphatic heterocycles. The fourth-order valence-corrected chi connectivity index (χ4v) is 1.65. The number of phenolic OH excluding ortho intramolecular Hbond substituents is 1. The summed E-state index contributed by atoms with van der Waals surface area (Å²) in [6.07, 6.45) is 4.21. The lowest BCUT2D eigenvalue weighted by atomic mass is 10.1. The molecule has 2 aromatic rings. The van der Waals surface area contributed by atoms with E-state index in [2.05, 4.69) is 17.0 Å². The summed E-state index contributed by atoms with van der Waals surface area (Å²) in [7, 11) is 0. The number of aryl methyl sites for hydroxylation is 2. The fraction of sp³-hybridized carbons (Fsp3) is 0.231. The molecule has 0 atom stereocenters. The van der Waals surface area contributed by atoms with E-state index < -0.39 is 0 Å². The molecule has 5 heteroatoms. The van der Waals surface area contributed by atoms with Crippen LogP contribution in [0.5, 0.6) is 5.75 Å². The third kappa shape index (κ3) is 2.51. The molecule has 0 fully saturated rings. The van der Waals surface area contributed by atoms with Gasteiger partial charge in [0.2, 0.25) is 5.95 Å². The Kier molecular flexibility index (Phi) is 3.32. The number of imidazole rings is 1. The molecule has 0 aliphatic rings. The van der Waals surface area contributed by atoms with E-state index in [0.717, 1.165) is 17.7 Å². The van der Waals surface area contributed by atoms with Crippen LogP contribution in [-0.4, -0.2) is 21.0 Å². The van der Waals surface area contributed by atoms with Crippen LogP contribution in [0.25, 0.3) is 0 Å². The summed E-state index contributed by atoms with van der Waals surface area (Å²) in [5.74, 6) is 0.529. The number of phenols is 1. The predicted octanol–water partition coefficient (Wildman–Crippen LogP) is 1.92. The molecule has 1 heterocycles. The molecule has 5 nitrogen and oxygen atoms in total. The summed E-state index contributed by atoms with van der Waals surface area (Å²) in [4.78, 5) is 4.04. The highest BCUT2D eigenvalue weighted by Crippen LogP contribution is 2.17. The molecule has 0 unspecified atom stereocenters. The summed E-state index contributed by atoms with van der Waals surface area (Å²) in [5.41, 5.74) is 8.29. The molecule has 0 saturated carbocycles. The second-order valence-electron chi connectivity index (χ2n) is 4.08. The van der Waals surface area contributed by atoms with Crippen LogP contribution in [0.1, 0.15) is 23.7 Å². The van der Waals surface area contributed by atoms with Gasteiger partial charge in [-0.25, -0.2) is 9.66 Å². The molecular weight excluding hydrogens is 228 g/mol. The number of nitrogen functional groups attached to an aromatic ring is 1. The van der Waals surface area contributed by atoms with E-state index in [-0.39, 0.29) is 5.75 Å². The largest absolute Gasteiger partial charge is 0.507 e. The van der Waals surface area contributed by atoms with Crippen LogP contribution in [0.4, 0.5) is 5.95 Å². The van der Waals surface area contributed by atoms with Gasteiger partial charge in [-0.15, -0.1) is 0 Å². The van der Waals surface area contributed by atoms with Crippen molar-refractivity contribution in [2.45, 2.75) is 20.3 Å². The molecule has 1 aromatic carbocycles. The van der Waals surface area contributed by atoms with E-state index in [1.165, 1.54) is 4.68 Å². The SMILES string of the molecule is CCc1ccc(O)c(C=Nn2cc(C)nc2N)c1. The fourth-order valence-electron chi connectivity index (χ4n) is 1.65. The van der Waals surface area contributed by atoms with Crippen LogP contribution in [0, 0.1) is 6.92 Å². The number of rotatable bonds is 3. The van der Waals surface area contributed by atoms with Crippen LogP contribution in [0.15, 0.2) is 29.5 Å². The van der Waals surface area contributed by atoms with Gasteiger partial charge < -0.3 is 10.8 Å². The van der Waals surface area contributed by atoms with E-state index in [1.54, 1.807) is 18.5 Å². The molecule has 3 N–H and O–H groups in total. The molecule has 0 amide bonds. The minimum absolute atomic E-state index is 0.200. The van der Waals surface area contributed by atoms with Crippen molar-refractivity contribution in [3.05, 3.63) is 41.2 Å². The Balaban J connectivity index is 2.31. The first-order valence-electron chi connectivity index (χ1n) is 5.78. The van der Waals surface area contributed by atoms with Gasteiger partial charge in [0.05, 0.1) is 18.1 Å². The van der Waals surface area contributed by atoms with E-state index in [1.807, 2.05) is 19.1 Å². The topological polar surface area (TPSA) is 76.4 Å². The summed E-state index contributed by atoms with van der Waals surface area (Å²) in [6, 6.07) is 5.46. The highest BCUT2D eigenvalue weighted by molar-refractivity contribution is 5.83. The second-order valence-corrected chi connectivity index (χ2v) is 4.08. The standard InChI is InChI=1S/C13H16N4O/c1-3-10-4-5-12(18)11(6-10)7-15-17-8-9(2)16-13(17)14/h4-8,18H,3H2,1-2H3,(H2,14,16). The monoisotopic (exact) mass is 244 g/mol. The summed E-state index contributed by atoms with van der Waals surface area (Å²) >= 11 is 0. The lowest BCUT2D eigenvalue weighted by molar-refractivity contribution is 0.474. The van der Waals surface area contributed by atoms with Crippen molar-refractivity contribution < 1.29 is 5.11 Å². The molecule has 2 rings (SSSR count). The van der Waals surface area contributed by atoms with Crippen LogP contribution < -0.4 is 5.73 Å². The van der Waals surface area contributed by atoms with Crippen molar-refractivity contribution in [1.29, 1.82) is 0 Å². The Labute approximate surface area is 106 Å². The van der Waals surface area contributed by atoms with Crippen LogP contribution in [0.2, 0.25) is 0 Å². The number of aromatic nitrogens is 2. The molecule has 0 aliphatic carbocycles. The first-order chi connectivity index (χ1) is 8.60. The first kappa shape index (κ1) is 12.2. The Morgan fingerprint density at radius 2 is 2.28 bits per heavy atom. The molecule has 94 valence electrons. The third-order valence-electron chi connectivity index (χ3n) is 2.66. The third-order valence-corrected chi connectivity index (χ3v) is 2.66. The molecule has 0 spiro atoms. The predicted molar refractivity (Wildman–Crippen MR) is 71.9 cm³/mol. The number of aromatic hydroxyl groups is 1. The number of hydrogen-bond donors (Lipinski definition) is 2. The van der Waals surface area contributed by atoms with Gasteiger partial charge >= 0.3 is 0 Å². The van der Waals surface area contributed by atoms with Gasteiger partial charge in [-0.05, 0) is 31.0 Å². The molecule has 1 aromatic heterocycles. The van der Waals surface area contributed by atoms with Gasteiger partial charge in [-0.2, -0.15) is 5.10 Å². The van der Waals surface area contributed by atoms with Gasteiger partial charge in [0.25, 0.3) is 0 Å². The first-order valence-corrected chi connectivity index (χ1v) is 5.78. The highest BCUT2D eigenvalue weighted by atomic mass is 16.3. The minimum Gasteiger partial charge on any atom is -0.507 e. The van der Waals surface area contributed by atoms with Gasteiger partial charge in [-0.1, -0.05) is 13.0 Å². The van der Waals surface area contributed by atoms with Crippen molar-refractivity contribution in [1.82, 2.24) is 9.66 Å². The van der Waals surface area contributed by atoms with Crippen molar-refractivity contribution in [3.63, 3.8) is 0 Å². The summed E-state index contributed by atoms with van der Waals surface area (Å²) < 4.78 is 1.48. The highest BCUT2D eigenvalue weighted by Gasteiger charge is 2.01. The normalized spacial score (nSPS) is 11.2. The van der Waals surface area contributed by atoms with Gasteiger partial charge in [0.15, 0.2) is 0 Å². The van der Waals surface area contributed by atoms with E-state index in [0.29, 0.717) is 11.5 Å². The number of benzene rings is 1. The Morgan fingerprint density at radius 1 is 1.50 bits per heavy atom. The van der Waals surface area contributed by atoms with Crippen LogP contribution in [0.3, 0.4) is 0 Å². The number of hydrogen-bond acceptors (Lipinski definition) is 4. The molecular formula is C13H16N4O. The average Bonchev–Trinajstić information content (AvgIpc) is 2.67. The Bertz CT molecular complexity index is 587. The zero-order chi connectivity index (χ0) is 13.1. The Morgan fingerprint density at radius 3 is 2.89 bits per heavy atom. The van der Waals surface area contributed by atoms with Gasteiger partial charge in [0.1, 0.15) is 5.75 Å². The smallest absolute Gasteiger partial charge is 0.221 e. The van der Waals surface area contributed by atoms with Crippen molar-refractivity contribution >= 4 is 12.2 Å². The van der Waals surface area contributed by atoms with E-state index in [9.17, 15) is 5.11 Å².